The number of ether oxygens (including phenoxy) is 1. The summed E-state index contributed by atoms with van der Waals surface area (Å²) >= 11 is 14.2. The standard InChI is InChI=1S/C21H20ClN3O2S3/c1-27-18-10-2-14(3-11-18)12-24(16-8-9-16)19(26)13-29-20-23-25(21(28)30-20)17-6-4-15(22)5-7-17/h2-7,10-11,16H,8-9,12-13H2,1H3. The molecule has 0 atom stereocenters. The van der Waals surface area contributed by atoms with Crippen LogP contribution in [0.25, 0.3) is 5.69 Å². The first-order valence-corrected chi connectivity index (χ1v) is 12.0. The minimum absolute atomic E-state index is 0.123. The maximum absolute atomic E-state index is 12.9. The van der Waals surface area contributed by atoms with Crippen LogP contribution in [0.3, 0.4) is 0 Å². The number of halogens is 1. The van der Waals surface area contributed by atoms with E-state index in [4.69, 9.17) is 28.6 Å². The summed E-state index contributed by atoms with van der Waals surface area (Å²) in [5, 5.41) is 5.24. The zero-order chi connectivity index (χ0) is 21.1. The number of hydrogen-bond donors (Lipinski definition) is 0. The van der Waals surface area contributed by atoms with Crippen LogP contribution in [-0.4, -0.2) is 39.5 Å². The van der Waals surface area contributed by atoms with Crippen LogP contribution in [0.1, 0.15) is 18.4 Å². The van der Waals surface area contributed by atoms with Gasteiger partial charge in [0.2, 0.25) is 5.91 Å². The van der Waals surface area contributed by atoms with Gasteiger partial charge in [-0.3, -0.25) is 4.79 Å². The molecule has 0 radical (unpaired) electrons. The number of carbonyl (C=O) groups is 1. The Labute approximate surface area is 193 Å². The van der Waals surface area contributed by atoms with Gasteiger partial charge in [-0.25, -0.2) is 4.68 Å². The number of amides is 1. The summed E-state index contributed by atoms with van der Waals surface area (Å²) in [7, 11) is 1.65. The molecule has 0 bridgehead atoms. The average molecular weight is 478 g/mol. The molecule has 0 spiro atoms. The van der Waals surface area contributed by atoms with Gasteiger partial charge in [-0.1, -0.05) is 46.8 Å². The van der Waals surface area contributed by atoms with Crippen molar-refractivity contribution in [1.82, 2.24) is 14.7 Å². The van der Waals surface area contributed by atoms with E-state index in [0.29, 0.717) is 27.3 Å². The van der Waals surface area contributed by atoms with Crippen molar-refractivity contribution in [2.45, 2.75) is 29.8 Å². The van der Waals surface area contributed by atoms with E-state index < -0.39 is 0 Å². The van der Waals surface area contributed by atoms with Crippen molar-refractivity contribution >= 4 is 52.8 Å². The van der Waals surface area contributed by atoms with Crippen LogP contribution in [-0.2, 0) is 11.3 Å². The zero-order valence-corrected chi connectivity index (χ0v) is 19.5. The monoisotopic (exact) mass is 477 g/mol. The summed E-state index contributed by atoms with van der Waals surface area (Å²) in [6, 6.07) is 15.6. The molecule has 1 aliphatic rings. The maximum atomic E-state index is 12.9. The fraction of sp³-hybridized carbons (Fsp3) is 0.286. The van der Waals surface area contributed by atoms with E-state index >= 15 is 0 Å². The molecule has 9 heteroatoms. The fourth-order valence-corrected chi connectivity index (χ4v) is 5.38. The molecule has 1 saturated carbocycles. The molecule has 1 heterocycles. The highest BCUT2D eigenvalue weighted by Crippen LogP contribution is 2.31. The Morgan fingerprint density at radius 3 is 2.60 bits per heavy atom. The Balaban J connectivity index is 1.40. The largest absolute Gasteiger partial charge is 0.497 e. The third kappa shape index (κ3) is 5.24. The van der Waals surface area contributed by atoms with Gasteiger partial charge in [0.15, 0.2) is 8.29 Å². The highest BCUT2D eigenvalue weighted by Gasteiger charge is 2.32. The average Bonchev–Trinajstić information content (AvgIpc) is 3.53. The van der Waals surface area contributed by atoms with Crippen LogP contribution in [0, 0.1) is 3.95 Å². The van der Waals surface area contributed by atoms with Gasteiger partial charge in [-0.2, -0.15) is 0 Å². The molecule has 0 aliphatic heterocycles. The lowest BCUT2D eigenvalue weighted by atomic mass is 10.2. The fourth-order valence-electron chi connectivity index (χ4n) is 3.01. The van der Waals surface area contributed by atoms with E-state index in [-0.39, 0.29) is 5.91 Å². The van der Waals surface area contributed by atoms with E-state index in [2.05, 4.69) is 5.10 Å². The molecule has 0 unspecified atom stereocenters. The Morgan fingerprint density at radius 2 is 1.97 bits per heavy atom. The van der Waals surface area contributed by atoms with Crippen LogP contribution < -0.4 is 4.74 Å². The number of benzene rings is 2. The number of aromatic nitrogens is 2. The third-order valence-electron chi connectivity index (χ3n) is 4.74. The van der Waals surface area contributed by atoms with Gasteiger partial charge in [-0.05, 0) is 67.0 Å². The Kier molecular flexibility index (Phi) is 6.77. The van der Waals surface area contributed by atoms with Crippen LogP contribution in [0.15, 0.2) is 52.9 Å². The van der Waals surface area contributed by atoms with Crippen molar-refractivity contribution in [2.75, 3.05) is 12.9 Å². The molecule has 1 aliphatic carbocycles. The molecular weight excluding hydrogens is 458 g/mol. The summed E-state index contributed by atoms with van der Waals surface area (Å²) in [5.41, 5.74) is 1.96. The molecule has 2 aromatic carbocycles. The first kappa shape index (κ1) is 21.4. The lowest BCUT2D eigenvalue weighted by molar-refractivity contribution is -0.129. The molecule has 0 saturated heterocycles. The summed E-state index contributed by atoms with van der Waals surface area (Å²) in [6.45, 7) is 0.614. The Morgan fingerprint density at radius 1 is 1.27 bits per heavy atom. The first-order chi connectivity index (χ1) is 14.5. The molecule has 1 aromatic heterocycles. The molecule has 3 aromatic rings. The molecule has 5 nitrogen and oxygen atoms in total. The van der Waals surface area contributed by atoms with E-state index in [1.807, 2.05) is 41.3 Å². The van der Waals surface area contributed by atoms with Gasteiger partial charge < -0.3 is 9.64 Å². The van der Waals surface area contributed by atoms with Crippen LogP contribution in [0.4, 0.5) is 0 Å². The van der Waals surface area contributed by atoms with Gasteiger partial charge in [0, 0.05) is 17.6 Å². The van der Waals surface area contributed by atoms with Crippen molar-refractivity contribution in [3.63, 3.8) is 0 Å². The number of rotatable bonds is 8. The lowest BCUT2D eigenvalue weighted by Crippen LogP contribution is -2.33. The van der Waals surface area contributed by atoms with Gasteiger partial charge in [0.1, 0.15) is 5.75 Å². The predicted octanol–water partition coefficient (Wildman–Crippen LogP) is 5.61. The number of nitrogens with zero attached hydrogens (tertiary/aromatic N) is 3. The summed E-state index contributed by atoms with van der Waals surface area (Å²) in [5.74, 6) is 1.28. The summed E-state index contributed by atoms with van der Waals surface area (Å²) in [4.78, 5) is 14.9. The van der Waals surface area contributed by atoms with Gasteiger partial charge >= 0.3 is 0 Å². The second kappa shape index (κ2) is 9.51. The molecule has 30 heavy (non-hydrogen) atoms. The first-order valence-electron chi connectivity index (χ1n) is 9.45. The second-order valence-corrected chi connectivity index (χ2v) is 10.2. The molecule has 1 amide bonds. The van der Waals surface area contributed by atoms with Gasteiger partial charge in [0.25, 0.3) is 0 Å². The van der Waals surface area contributed by atoms with Crippen LogP contribution in [0.5, 0.6) is 5.75 Å². The number of carbonyl (C=O) groups excluding carboxylic acids is 1. The number of thioether (sulfide) groups is 1. The van der Waals surface area contributed by atoms with Gasteiger partial charge in [-0.15, -0.1) is 5.10 Å². The Bertz CT molecular complexity index is 1080. The normalized spacial score (nSPS) is 13.3. The van der Waals surface area contributed by atoms with Crippen LogP contribution >= 0.6 is 46.9 Å². The SMILES string of the molecule is COc1ccc(CN(C(=O)CSc2nn(-c3ccc(Cl)cc3)c(=S)s2)C2CC2)cc1. The van der Waals surface area contributed by atoms with Crippen LogP contribution in [0.2, 0.25) is 5.02 Å². The topological polar surface area (TPSA) is 47.4 Å². The van der Waals surface area contributed by atoms with E-state index in [0.717, 1.165) is 34.2 Å². The minimum atomic E-state index is 0.123. The lowest BCUT2D eigenvalue weighted by Gasteiger charge is -2.22. The molecule has 156 valence electrons. The summed E-state index contributed by atoms with van der Waals surface area (Å²) in [6.07, 6.45) is 2.13. The second-order valence-electron chi connectivity index (χ2n) is 6.91. The van der Waals surface area contributed by atoms with E-state index in [9.17, 15) is 4.79 Å². The van der Waals surface area contributed by atoms with Crippen molar-refractivity contribution < 1.29 is 9.53 Å². The van der Waals surface area contributed by atoms with Crippen molar-refractivity contribution in [3.05, 3.63) is 63.1 Å². The van der Waals surface area contributed by atoms with Crippen molar-refractivity contribution in [1.29, 1.82) is 0 Å². The number of hydrogen-bond acceptors (Lipinski definition) is 6. The number of methoxy groups -OCH3 is 1. The molecule has 4 rings (SSSR count). The van der Waals surface area contributed by atoms with E-state index in [1.54, 1.807) is 23.9 Å². The highest BCUT2D eigenvalue weighted by molar-refractivity contribution is 8.01. The van der Waals surface area contributed by atoms with Crippen molar-refractivity contribution in [3.8, 4) is 11.4 Å². The zero-order valence-electron chi connectivity index (χ0n) is 16.3. The quantitative estimate of drug-likeness (QED) is 0.312. The predicted molar refractivity (Wildman–Crippen MR) is 125 cm³/mol. The molecule has 1 fully saturated rings. The third-order valence-corrected chi connectivity index (χ3v) is 7.34. The summed E-state index contributed by atoms with van der Waals surface area (Å²) < 4.78 is 8.34. The smallest absolute Gasteiger partial charge is 0.233 e. The minimum Gasteiger partial charge on any atom is -0.497 e. The maximum Gasteiger partial charge on any atom is 0.233 e. The molecular formula is C21H20ClN3O2S3. The molecule has 0 N–H and O–H groups in total. The van der Waals surface area contributed by atoms with Crippen molar-refractivity contribution in [2.24, 2.45) is 0 Å². The Hall–Kier alpha value is -1.87. The van der Waals surface area contributed by atoms with Gasteiger partial charge in [0.05, 0.1) is 18.6 Å². The van der Waals surface area contributed by atoms with E-state index in [1.165, 1.54) is 23.1 Å². The highest BCUT2D eigenvalue weighted by atomic mass is 35.5.